The number of nitrogens with one attached hydrogen (secondary N) is 1. The van der Waals surface area contributed by atoms with E-state index in [1.165, 1.54) is 6.20 Å². The SMILES string of the molecule is CCOc1cccc(-c2nc3ncc(NS(=O)(=O)CC4(OC5CCCCO5)CC4)nc3n2-c2c(OC)cccc2OC)n1. The van der Waals surface area contributed by atoms with Crippen molar-refractivity contribution in [3.8, 4) is 34.6 Å². The summed E-state index contributed by atoms with van der Waals surface area (Å²) in [6.07, 6.45) is 5.01. The Morgan fingerprint density at radius 3 is 2.49 bits per heavy atom. The van der Waals surface area contributed by atoms with Gasteiger partial charge in [0.05, 0.1) is 38.4 Å². The molecular formula is C29H34N6O7S. The molecule has 228 valence electrons. The largest absolute Gasteiger partial charge is 0.494 e. The van der Waals surface area contributed by atoms with Gasteiger partial charge >= 0.3 is 0 Å². The molecule has 1 saturated carbocycles. The van der Waals surface area contributed by atoms with Crippen molar-refractivity contribution in [2.45, 2.75) is 50.9 Å². The molecule has 1 aliphatic carbocycles. The number of pyridine rings is 1. The van der Waals surface area contributed by atoms with Crippen LogP contribution in [-0.2, 0) is 19.5 Å². The monoisotopic (exact) mass is 610 g/mol. The Morgan fingerprint density at radius 1 is 1.05 bits per heavy atom. The second-order valence-electron chi connectivity index (χ2n) is 10.4. The zero-order chi connectivity index (χ0) is 30.0. The van der Waals surface area contributed by atoms with Gasteiger partial charge in [-0.2, -0.15) is 0 Å². The summed E-state index contributed by atoms with van der Waals surface area (Å²) in [5.74, 6) is 1.60. The fraction of sp³-hybridized carbons (Fsp3) is 0.448. The topological polar surface area (TPSA) is 149 Å². The van der Waals surface area contributed by atoms with Gasteiger partial charge in [0.1, 0.15) is 22.9 Å². The Labute approximate surface area is 249 Å². The molecule has 13 nitrogen and oxygen atoms in total. The number of fused-ring (bicyclic) bond motifs is 1. The molecule has 1 saturated heterocycles. The van der Waals surface area contributed by atoms with Crippen molar-refractivity contribution < 1.29 is 32.1 Å². The van der Waals surface area contributed by atoms with Crippen LogP contribution in [0.25, 0.3) is 28.5 Å². The number of rotatable bonds is 12. The molecule has 3 aromatic heterocycles. The van der Waals surface area contributed by atoms with Crippen molar-refractivity contribution >= 4 is 27.1 Å². The third-order valence-corrected chi connectivity index (χ3v) is 8.71. The third-order valence-electron chi connectivity index (χ3n) is 7.28. The first-order chi connectivity index (χ1) is 20.8. The maximum atomic E-state index is 13.3. The van der Waals surface area contributed by atoms with Gasteiger partial charge in [0.25, 0.3) is 0 Å². The van der Waals surface area contributed by atoms with E-state index >= 15 is 0 Å². The molecule has 1 N–H and O–H groups in total. The highest BCUT2D eigenvalue weighted by atomic mass is 32.2. The van der Waals surface area contributed by atoms with Crippen LogP contribution in [0.1, 0.15) is 39.0 Å². The molecule has 1 aliphatic heterocycles. The van der Waals surface area contributed by atoms with Crippen LogP contribution >= 0.6 is 0 Å². The number of benzene rings is 1. The minimum atomic E-state index is -3.85. The molecule has 14 heteroatoms. The number of hydrogen-bond acceptors (Lipinski definition) is 11. The third kappa shape index (κ3) is 6.21. The predicted octanol–water partition coefficient (Wildman–Crippen LogP) is 4.11. The molecule has 0 amide bonds. The van der Waals surface area contributed by atoms with Gasteiger partial charge in [-0.3, -0.25) is 9.29 Å². The molecule has 0 bridgehead atoms. The van der Waals surface area contributed by atoms with Crippen molar-refractivity contribution in [2.24, 2.45) is 0 Å². The van der Waals surface area contributed by atoms with Crippen LogP contribution in [0.4, 0.5) is 5.82 Å². The Hall–Kier alpha value is -4.01. The van der Waals surface area contributed by atoms with Crippen LogP contribution in [0.5, 0.6) is 17.4 Å². The summed E-state index contributed by atoms with van der Waals surface area (Å²) in [5, 5.41) is 0. The van der Waals surface area contributed by atoms with E-state index in [1.54, 1.807) is 49.1 Å². The summed E-state index contributed by atoms with van der Waals surface area (Å²) in [4.78, 5) is 18.5. The van der Waals surface area contributed by atoms with E-state index in [-0.39, 0.29) is 29.2 Å². The average molecular weight is 611 g/mol. The van der Waals surface area contributed by atoms with Crippen molar-refractivity contribution in [1.29, 1.82) is 0 Å². The molecule has 2 fully saturated rings. The molecule has 1 aromatic carbocycles. The zero-order valence-corrected chi connectivity index (χ0v) is 25.1. The van der Waals surface area contributed by atoms with Gasteiger partial charge < -0.3 is 23.7 Å². The van der Waals surface area contributed by atoms with E-state index in [0.717, 1.165) is 19.3 Å². The lowest BCUT2D eigenvalue weighted by molar-refractivity contribution is -0.191. The molecular weight excluding hydrogens is 576 g/mol. The van der Waals surface area contributed by atoms with E-state index < -0.39 is 15.6 Å². The molecule has 1 atom stereocenters. The fourth-order valence-corrected chi connectivity index (χ4v) is 6.70. The maximum absolute atomic E-state index is 13.3. The van der Waals surface area contributed by atoms with Gasteiger partial charge in [-0.05, 0) is 57.2 Å². The van der Waals surface area contributed by atoms with Crippen molar-refractivity contribution in [3.63, 3.8) is 0 Å². The first kappa shape index (κ1) is 29.1. The van der Waals surface area contributed by atoms with Gasteiger partial charge in [0, 0.05) is 12.7 Å². The molecule has 6 rings (SSSR count). The Balaban J connectivity index is 1.40. The summed E-state index contributed by atoms with van der Waals surface area (Å²) in [6.45, 7) is 2.94. The number of nitrogens with zero attached hydrogens (tertiary/aromatic N) is 5. The quantitative estimate of drug-likeness (QED) is 0.247. The highest BCUT2D eigenvalue weighted by Crippen LogP contribution is 2.43. The second kappa shape index (κ2) is 11.9. The smallest absolute Gasteiger partial charge is 0.236 e. The first-order valence-electron chi connectivity index (χ1n) is 14.2. The van der Waals surface area contributed by atoms with Gasteiger partial charge in [-0.15, -0.1) is 0 Å². The summed E-state index contributed by atoms with van der Waals surface area (Å²) < 4.78 is 59.7. The van der Waals surface area contributed by atoms with Gasteiger partial charge in [-0.25, -0.2) is 28.4 Å². The van der Waals surface area contributed by atoms with Crippen LogP contribution in [-0.4, -0.2) is 78.0 Å². The number of hydrogen-bond donors (Lipinski definition) is 1. The van der Waals surface area contributed by atoms with Gasteiger partial charge in [0.15, 0.2) is 29.2 Å². The molecule has 0 radical (unpaired) electrons. The lowest BCUT2D eigenvalue weighted by Crippen LogP contribution is -2.35. The van der Waals surface area contributed by atoms with E-state index in [0.29, 0.717) is 60.6 Å². The summed E-state index contributed by atoms with van der Waals surface area (Å²) in [7, 11) is -0.759. The van der Waals surface area contributed by atoms with Crippen LogP contribution in [0.15, 0.2) is 42.6 Å². The minimum absolute atomic E-state index is 0.0369. The molecule has 4 heterocycles. The molecule has 2 aliphatic rings. The molecule has 43 heavy (non-hydrogen) atoms. The van der Waals surface area contributed by atoms with Crippen molar-refractivity contribution in [3.05, 3.63) is 42.6 Å². The Kier molecular flexibility index (Phi) is 8.07. The molecule has 1 unspecified atom stereocenters. The van der Waals surface area contributed by atoms with E-state index in [4.69, 9.17) is 28.7 Å². The summed E-state index contributed by atoms with van der Waals surface area (Å²) in [6, 6.07) is 10.7. The molecule has 0 spiro atoms. The van der Waals surface area contributed by atoms with Crippen LogP contribution in [0.3, 0.4) is 0 Å². The highest BCUT2D eigenvalue weighted by molar-refractivity contribution is 7.92. The second-order valence-corrected chi connectivity index (χ2v) is 12.2. The molecule has 4 aromatic rings. The average Bonchev–Trinajstić information content (AvgIpc) is 3.64. The first-order valence-corrected chi connectivity index (χ1v) is 15.9. The van der Waals surface area contributed by atoms with Crippen molar-refractivity contribution in [2.75, 3.05) is 37.9 Å². The zero-order valence-electron chi connectivity index (χ0n) is 24.3. The normalized spacial score (nSPS) is 17.9. The minimum Gasteiger partial charge on any atom is -0.494 e. The number of aromatic nitrogens is 5. The predicted molar refractivity (Wildman–Crippen MR) is 158 cm³/mol. The van der Waals surface area contributed by atoms with Crippen LogP contribution in [0, 0.1) is 0 Å². The standard InChI is InChI=1S/C29H34N6O7S/c1-4-40-23-12-7-9-19(31-23)27-33-26-28(35(27)25-20(38-2)10-8-11-21(25)39-3)32-22(17-30-26)34-43(36,37)18-29(14-15-29)42-24-13-5-6-16-41-24/h7-12,17,24H,4-6,13-16,18H2,1-3H3,(H,32,34). The van der Waals surface area contributed by atoms with Crippen LogP contribution in [0.2, 0.25) is 0 Å². The summed E-state index contributed by atoms with van der Waals surface area (Å²) >= 11 is 0. The number of anilines is 1. The fourth-order valence-electron chi connectivity index (χ4n) is 5.17. The van der Waals surface area contributed by atoms with Gasteiger partial charge in [0.2, 0.25) is 15.9 Å². The number of para-hydroxylation sites is 1. The van der Waals surface area contributed by atoms with Gasteiger partial charge in [-0.1, -0.05) is 12.1 Å². The Bertz CT molecular complexity index is 1700. The number of sulfonamides is 1. The number of imidazole rings is 1. The van der Waals surface area contributed by atoms with E-state index in [2.05, 4.69) is 19.7 Å². The lowest BCUT2D eigenvalue weighted by Gasteiger charge is -2.27. The van der Waals surface area contributed by atoms with E-state index in [1.807, 2.05) is 13.0 Å². The summed E-state index contributed by atoms with van der Waals surface area (Å²) in [5.41, 5.74) is 0.766. The number of ether oxygens (including phenoxy) is 5. The number of methoxy groups -OCH3 is 2. The van der Waals surface area contributed by atoms with Crippen LogP contribution < -0.4 is 18.9 Å². The highest BCUT2D eigenvalue weighted by Gasteiger charge is 2.49. The van der Waals surface area contributed by atoms with E-state index in [9.17, 15) is 8.42 Å². The maximum Gasteiger partial charge on any atom is 0.236 e. The van der Waals surface area contributed by atoms with Crippen molar-refractivity contribution in [1.82, 2.24) is 24.5 Å². The lowest BCUT2D eigenvalue weighted by atomic mass is 10.2. The Morgan fingerprint density at radius 2 is 1.81 bits per heavy atom.